The van der Waals surface area contributed by atoms with Crippen molar-refractivity contribution in [3.05, 3.63) is 65.2 Å². The maximum absolute atomic E-state index is 13.6. The summed E-state index contributed by atoms with van der Waals surface area (Å²) < 4.78 is 32.7. The van der Waals surface area contributed by atoms with Gasteiger partial charge in [-0.3, -0.25) is 14.6 Å². The molecule has 0 spiro atoms. The number of carbonyl (C=O) groups is 2. The van der Waals surface area contributed by atoms with E-state index in [-0.39, 0.29) is 18.7 Å². The number of fused-ring (bicyclic) bond motifs is 1. The van der Waals surface area contributed by atoms with Gasteiger partial charge >= 0.3 is 0 Å². The molecule has 0 radical (unpaired) electrons. The molecule has 9 nitrogen and oxygen atoms in total. The van der Waals surface area contributed by atoms with Crippen molar-refractivity contribution < 1.29 is 23.1 Å². The number of nitroso groups, excluding NO2 is 1. The summed E-state index contributed by atoms with van der Waals surface area (Å²) in [6.45, 7) is -1.13. The van der Waals surface area contributed by atoms with Crippen LogP contribution in [-0.4, -0.2) is 59.9 Å². The van der Waals surface area contributed by atoms with Crippen LogP contribution < -0.4 is 10.1 Å². The predicted octanol–water partition coefficient (Wildman–Crippen LogP) is 3.54. The number of halogens is 2. The van der Waals surface area contributed by atoms with Gasteiger partial charge in [-0.1, -0.05) is 23.4 Å². The number of aromatic nitrogens is 1. The summed E-state index contributed by atoms with van der Waals surface area (Å²) >= 11 is 0. The highest BCUT2D eigenvalue weighted by atomic mass is 19.3. The fraction of sp³-hybridized carbons (Fsp3) is 0.280. The van der Waals surface area contributed by atoms with Gasteiger partial charge in [0.1, 0.15) is 24.9 Å². The average molecular weight is 493 g/mol. The summed E-state index contributed by atoms with van der Waals surface area (Å²) in [6.07, 6.45) is 0.746. The van der Waals surface area contributed by atoms with E-state index in [0.717, 1.165) is 16.0 Å². The molecule has 3 aromatic rings. The number of amides is 2. The molecule has 2 aromatic carbocycles. The van der Waals surface area contributed by atoms with Crippen molar-refractivity contribution in [2.75, 3.05) is 26.2 Å². The fourth-order valence-electron chi connectivity index (χ4n) is 4.02. The highest BCUT2D eigenvalue weighted by Gasteiger charge is 2.47. The van der Waals surface area contributed by atoms with E-state index in [4.69, 9.17) is 10.00 Å². The molecule has 1 atom stereocenters. The van der Waals surface area contributed by atoms with Crippen molar-refractivity contribution in [2.45, 2.75) is 18.4 Å². The molecule has 4 rings (SSSR count). The molecule has 1 unspecified atom stereocenters. The summed E-state index contributed by atoms with van der Waals surface area (Å²) in [7, 11) is 0. The van der Waals surface area contributed by atoms with Crippen molar-refractivity contribution in [2.24, 2.45) is 5.18 Å². The topological polar surface area (TPSA) is 125 Å². The van der Waals surface area contributed by atoms with Gasteiger partial charge in [0.2, 0.25) is 5.91 Å². The molecular formula is C25H21F2N5O4. The minimum atomic E-state index is -3.13. The standard InChI is InChI=1S/C25H21F2N5O4/c26-25(27)12-18(13-28)32(15-25)23(33)14-30-24(34)20-7-8-29-22-6-3-17(11-21(20)22)16-1-4-19(5-2-16)36-10-9-31-35/h1-8,11,18H,9-10,12,14-15H2,(H,30,34). The molecule has 11 heteroatoms. The molecule has 1 aliphatic heterocycles. The maximum Gasteiger partial charge on any atom is 0.268 e. The number of carbonyl (C=O) groups excluding carboxylic acids is 2. The molecular weight excluding hydrogens is 472 g/mol. The molecule has 0 bridgehead atoms. The van der Waals surface area contributed by atoms with E-state index in [0.29, 0.717) is 16.7 Å². The first kappa shape index (κ1) is 24.7. The Kier molecular flexibility index (Phi) is 7.15. The molecule has 0 aliphatic carbocycles. The van der Waals surface area contributed by atoms with Crippen LogP contribution in [0.1, 0.15) is 16.8 Å². The Morgan fingerprint density at radius 3 is 2.67 bits per heavy atom. The van der Waals surface area contributed by atoms with Crippen LogP contribution in [0, 0.1) is 16.2 Å². The van der Waals surface area contributed by atoms with Crippen LogP contribution in [0.4, 0.5) is 8.78 Å². The largest absolute Gasteiger partial charge is 0.492 e. The first-order valence-corrected chi connectivity index (χ1v) is 11.1. The summed E-state index contributed by atoms with van der Waals surface area (Å²) in [5.74, 6) is -3.87. The van der Waals surface area contributed by atoms with Gasteiger partial charge in [0, 0.05) is 18.0 Å². The van der Waals surface area contributed by atoms with Crippen LogP contribution in [0.15, 0.2) is 59.9 Å². The van der Waals surface area contributed by atoms with Gasteiger partial charge in [0.25, 0.3) is 11.8 Å². The Hall–Kier alpha value is -4.46. The minimum absolute atomic E-state index is 0.0548. The van der Waals surface area contributed by atoms with Gasteiger partial charge in [-0.15, -0.1) is 0 Å². The maximum atomic E-state index is 13.6. The molecule has 1 aliphatic rings. The van der Waals surface area contributed by atoms with Gasteiger partial charge in [-0.2, -0.15) is 10.2 Å². The number of nitrogens with one attached hydrogen (secondary N) is 1. The van der Waals surface area contributed by atoms with Gasteiger partial charge in [0.05, 0.1) is 30.2 Å². The molecule has 1 aromatic heterocycles. The molecule has 36 heavy (non-hydrogen) atoms. The normalized spacial score (nSPS) is 16.4. The van der Waals surface area contributed by atoms with Gasteiger partial charge in [0.15, 0.2) is 0 Å². The van der Waals surface area contributed by atoms with Crippen LogP contribution >= 0.6 is 0 Å². The minimum Gasteiger partial charge on any atom is -0.492 e. The second kappa shape index (κ2) is 10.4. The molecule has 1 saturated heterocycles. The van der Waals surface area contributed by atoms with Crippen LogP contribution in [0.25, 0.3) is 22.0 Å². The van der Waals surface area contributed by atoms with Crippen molar-refractivity contribution in [3.63, 3.8) is 0 Å². The van der Waals surface area contributed by atoms with Crippen LogP contribution in [0.3, 0.4) is 0 Å². The van der Waals surface area contributed by atoms with E-state index in [2.05, 4.69) is 15.5 Å². The Labute approximate surface area is 204 Å². The molecule has 1 N–H and O–H groups in total. The third-order valence-corrected chi connectivity index (χ3v) is 5.76. The van der Waals surface area contributed by atoms with Crippen LogP contribution in [0.5, 0.6) is 5.75 Å². The molecule has 1 fully saturated rings. The molecule has 2 amide bonds. The lowest BCUT2D eigenvalue weighted by Gasteiger charge is -2.19. The summed E-state index contributed by atoms with van der Waals surface area (Å²) in [6, 6.07) is 14.6. The van der Waals surface area contributed by atoms with Crippen LogP contribution in [0.2, 0.25) is 0 Å². The highest BCUT2D eigenvalue weighted by molar-refractivity contribution is 6.07. The zero-order valence-electron chi connectivity index (χ0n) is 19.0. The number of hydrogen-bond donors (Lipinski definition) is 1. The van der Waals surface area contributed by atoms with E-state index in [1.165, 1.54) is 12.3 Å². The third kappa shape index (κ3) is 5.43. The number of nitrogens with zero attached hydrogens (tertiary/aromatic N) is 4. The second-order valence-corrected chi connectivity index (χ2v) is 8.23. The van der Waals surface area contributed by atoms with Crippen molar-refractivity contribution >= 4 is 22.7 Å². The van der Waals surface area contributed by atoms with Gasteiger partial charge < -0.3 is 15.0 Å². The number of alkyl halides is 2. The first-order valence-electron chi connectivity index (χ1n) is 11.1. The third-order valence-electron chi connectivity index (χ3n) is 5.76. The Morgan fingerprint density at radius 1 is 1.19 bits per heavy atom. The summed E-state index contributed by atoms with van der Waals surface area (Å²) in [5, 5.41) is 14.8. The number of hydrogen-bond acceptors (Lipinski definition) is 7. The fourth-order valence-corrected chi connectivity index (χ4v) is 4.02. The van der Waals surface area contributed by atoms with E-state index in [1.54, 1.807) is 30.3 Å². The second-order valence-electron chi connectivity index (χ2n) is 8.23. The van der Waals surface area contributed by atoms with Crippen molar-refractivity contribution in [1.82, 2.24) is 15.2 Å². The predicted molar refractivity (Wildman–Crippen MR) is 126 cm³/mol. The number of ether oxygens (including phenoxy) is 1. The van der Waals surface area contributed by atoms with Gasteiger partial charge in [-0.05, 0) is 41.5 Å². The smallest absolute Gasteiger partial charge is 0.268 e. The lowest BCUT2D eigenvalue weighted by Crippen LogP contribution is -2.43. The first-order chi connectivity index (χ1) is 17.3. The van der Waals surface area contributed by atoms with Gasteiger partial charge in [-0.25, -0.2) is 8.78 Å². The van der Waals surface area contributed by atoms with E-state index >= 15 is 0 Å². The monoisotopic (exact) mass is 493 g/mol. The average Bonchev–Trinajstić information content (AvgIpc) is 3.21. The highest BCUT2D eigenvalue weighted by Crippen LogP contribution is 2.32. The quantitative estimate of drug-likeness (QED) is 0.378. The zero-order valence-corrected chi connectivity index (χ0v) is 19.0. The molecule has 0 saturated carbocycles. The number of pyridine rings is 1. The summed E-state index contributed by atoms with van der Waals surface area (Å²) in [5.41, 5.74) is 2.47. The van der Waals surface area contributed by atoms with Crippen LogP contribution in [-0.2, 0) is 4.79 Å². The van der Waals surface area contributed by atoms with Crippen molar-refractivity contribution in [1.29, 1.82) is 5.26 Å². The Morgan fingerprint density at radius 2 is 1.94 bits per heavy atom. The Balaban J connectivity index is 1.50. The number of nitriles is 1. The number of benzene rings is 2. The molecule has 2 heterocycles. The summed E-state index contributed by atoms with van der Waals surface area (Å²) in [4.78, 5) is 40.6. The van der Waals surface area contributed by atoms with Crippen molar-refractivity contribution in [3.8, 4) is 22.9 Å². The SMILES string of the molecule is N#CC1CC(F)(F)CN1C(=O)CNC(=O)c1ccnc2ccc(-c3ccc(OCCN=O)cc3)cc12. The molecule has 184 valence electrons. The van der Waals surface area contributed by atoms with E-state index < -0.39 is 43.3 Å². The number of likely N-dealkylation sites (tertiary alicyclic amines) is 1. The van der Waals surface area contributed by atoms with E-state index in [9.17, 15) is 23.3 Å². The lowest BCUT2D eigenvalue weighted by molar-refractivity contribution is -0.131. The lowest BCUT2D eigenvalue weighted by atomic mass is 10.0. The van der Waals surface area contributed by atoms with E-state index in [1.807, 2.05) is 18.2 Å². The number of rotatable bonds is 8. The Bertz CT molecular complexity index is 1340. The zero-order chi connectivity index (χ0) is 25.7.